The average molecular weight is 665 g/mol. The van der Waals surface area contributed by atoms with Gasteiger partial charge in [0, 0.05) is 0 Å². The Morgan fingerprint density at radius 1 is 0.479 bits per heavy atom. The molecule has 2 aliphatic carbocycles. The van der Waals surface area contributed by atoms with Gasteiger partial charge >= 0.3 is 23.9 Å². The van der Waals surface area contributed by atoms with Gasteiger partial charge in [-0.1, -0.05) is 89.5 Å². The van der Waals surface area contributed by atoms with Crippen LogP contribution in [-0.4, -0.2) is 49.3 Å². The smallest absolute Gasteiger partial charge is 0.339 e. The molecule has 48 heavy (non-hydrogen) atoms. The molecule has 264 valence electrons. The first-order valence-electron chi connectivity index (χ1n) is 18.4. The summed E-state index contributed by atoms with van der Waals surface area (Å²) in [6, 6.07) is 13.5. The molecular formula is C40H56O8. The van der Waals surface area contributed by atoms with Crippen LogP contribution in [0.2, 0.25) is 0 Å². The van der Waals surface area contributed by atoms with E-state index in [0.717, 1.165) is 77.0 Å². The normalized spacial score (nSPS) is 15.0. The van der Waals surface area contributed by atoms with Gasteiger partial charge in [0.2, 0.25) is 0 Å². The number of carbonyl (C=O) groups is 4. The van der Waals surface area contributed by atoms with Gasteiger partial charge in [0.25, 0.3) is 0 Å². The van der Waals surface area contributed by atoms with Crippen LogP contribution < -0.4 is 0 Å². The van der Waals surface area contributed by atoms with E-state index in [4.69, 9.17) is 18.9 Å². The van der Waals surface area contributed by atoms with Gasteiger partial charge in [-0.2, -0.15) is 0 Å². The van der Waals surface area contributed by atoms with Crippen LogP contribution in [0, 0.1) is 0 Å². The lowest BCUT2D eigenvalue weighted by Gasteiger charge is -2.23. The van der Waals surface area contributed by atoms with Gasteiger partial charge in [-0.05, 0) is 88.5 Å². The fraction of sp³-hybridized carbons (Fsp3) is 0.600. The molecule has 0 bridgehead atoms. The second-order valence-corrected chi connectivity index (χ2v) is 12.8. The Labute approximate surface area is 287 Å². The summed E-state index contributed by atoms with van der Waals surface area (Å²) in [5.74, 6) is -1.72. The maximum absolute atomic E-state index is 12.5. The Hall–Kier alpha value is -3.68. The maximum Gasteiger partial charge on any atom is 0.339 e. The first-order valence-corrected chi connectivity index (χ1v) is 18.4. The minimum Gasteiger partial charge on any atom is -0.462 e. The van der Waals surface area contributed by atoms with Crippen LogP contribution in [0.4, 0.5) is 0 Å². The summed E-state index contributed by atoms with van der Waals surface area (Å²) in [6.07, 6.45) is 19.0. The average Bonchev–Trinajstić information content (AvgIpc) is 3.12. The maximum atomic E-state index is 12.5. The van der Waals surface area contributed by atoms with Crippen LogP contribution >= 0.6 is 0 Å². The van der Waals surface area contributed by atoms with Crippen molar-refractivity contribution in [3.63, 3.8) is 0 Å². The van der Waals surface area contributed by atoms with Crippen molar-refractivity contribution in [2.24, 2.45) is 0 Å². The lowest BCUT2D eigenvalue weighted by Crippen LogP contribution is -2.24. The zero-order chi connectivity index (χ0) is 34.4. The van der Waals surface area contributed by atoms with E-state index in [-0.39, 0.29) is 23.3 Å². The number of ether oxygens (including phenoxy) is 4. The van der Waals surface area contributed by atoms with Gasteiger partial charge in [0.15, 0.2) is 0 Å². The molecule has 0 amide bonds. The second-order valence-electron chi connectivity index (χ2n) is 12.8. The molecule has 0 spiro atoms. The number of hydrogen-bond acceptors (Lipinski definition) is 8. The standard InChI is InChI=1S/C20H26O4.C20H30O4/c21-19(23-15-9-3-1-4-10-15)17-13-7-8-14-18(17)20(22)24-16-11-5-2-6-12-16;1-3-5-7-8-9-12-16-24-20(22)18-14-11-10-13-17(18)19(21)23-15-6-4-2/h7-8,13-16H,1-6,9-12H2;10-11,13-14H,3-9,12,15-16H2,1-2H3. The number of unbranched alkanes of at least 4 members (excludes halogenated alkanes) is 6. The molecule has 0 N–H and O–H groups in total. The molecule has 8 nitrogen and oxygen atoms in total. The van der Waals surface area contributed by atoms with Crippen molar-refractivity contribution in [3.8, 4) is 0 Å². The summed E-state index contributed by atoms with van der Waals surface area (Å²) in [5.41, 5.74) is 1.21. The molecule has 0 aliphatic heterocycles. The van der Waals surface area contributed by atoms with Crippen molar-refractivity contribution < 1.29 is 38.1 Å². The largest absolute Gasteiger partial charge is 0.462 e. The van der Waals surface area contributed by atoms with E-state index >= 15 is 0 Å². The SMILES string of the molecule is CCCCCCCCOC(=O)c1ccccc1C(=O)OCCCC.O=C(OC1CCCCC1)c1ccccc1C(=O)OC1CCCCC1. The third kappa shape index (κ3) is 13.8. The Morgan fingerprint density at radius 2 is 0.833 bits per heavy atom. The Bertz CT molecular complexity index is 1210. The Morgan fingerprint density at radius 3 is 1.25 bits per heavy atom. The number of rotatable bonds is 16. The summed E-state index contributed by atoms with van der Waals surface area (Å²) in [7, 11) is 0. The minimum absolute atomic E-state index is 0.0197. The van der Waals surface area contributed by atoms with Gasteiger partial charge in [-0.15, -0.1) is 0 Å². The van der Waals surface area contributed by atoms with E-state index in [1.807, 2.05) is 6.92 Å². The van der Waals surface area contributed by atoms with Gasteiger partial charge in [-0.3, -0.25) is 0 Å². The van der Waals surface area contributed by atoms with Crippen LogP contribution in [0.1, 0.15) is 171 Å². The van der Waals surface area contributed by atoms with E-state index < -0.39 is 23.9 Å². The first kappa shape index (κ1) is 38.8. The summed E-state index contributed by atoms with van der Waals surface area (Å²) < 4.78 is 21.7. The predicted molar refractivity (Wildman–Crippen MR) is 186 cm³/mol. The number of carbonyl (C=O) groups excluding carboxylic acids is 4. The van der Waals surface area contributed by atoms with Crippen molar-refractivity contribution in [1.29, 1.82) is 0 Å². The molecule has 2 aromatic carbocycles. The molecule has 0 heterocycles. The molecule has 2 aromatic rings. The number of esters is 4. The van der Waals surface area contributed by atoms with Crippen molar-refractivity contribution >= 4 is 23.9 Å². The summed E-state index contributed by atoms with van der Waals surface area (Å²) in [6.45, 7) is 4.98. The zero-order valence-electron chi connectivity index (χ0n) is 29.2. The molecule has 0 aromatic heterocycles. The predicted octanol–water partition coefficient (Wildman–Crippen LogP) is 9.83. The summed E-state index contributed by atoms with van der Waals surface area (Å²) in [5, 5.41) is 0. The third-order valence-electron chi connectivity index (χ3n) is 8.85. The van der Waals surface area contributed by atoms with Crippen molar-refractivity contribution in [1.82, 2.24) is 0 Å². The van der Waals surface area contributed by atoms with E-state index in [1.165, 1.54) is 38.5 Å². The highest BCUT2D eigenvalue weighted by molar-refractivity contribution is 6.03. The lowest BCUT2D eigenvalue weighted by atomic mass is 9.97. The quantitative estimate of drug-likeness (QED) is 0.0992. The minimum atomic E-state index is -0.462. The second kappa shape index (κ2) is 22.8. The molecule has 0 radical (unpaired) electrons. The van der Waals surface area contributed by atoms with Crippen LogP contribution in [0.15, 0.2) is 48.5 Å². The Kier molecular flexibility index (Phi) is 18.4. The molecule has 2 saturated carbocycles. The van der Waals surface area contributed by atoms with Crippen LogP contribution in [0.25, 0.3) is 0 Å². The van der Waals surface area contributed by atoms with E-state index in [1.54, 1.807) is 48.5 Å². The molecule has 2 fully saturated rings. The highest BCUT2D eigenvalue weighted by atomic mass is 16.6. The fourth-order valence-corrected chi connectivity index (χ4v) is 5.99. The van der Waals surface area contributed by atoms with Gasteiger partial charge in [-0.25, -0.2) is 19.2 Å². The molecule has 4 rings (SSSR count). The van der Waals surface area contributed by atoms with Crippen LogP contribution in [0.3, 0.4) is 0 Å². The summed E-state index contributed by atoms with van der Waals surface area (Å²) >= 11 is 0. The monoisotopic (exact) mass is 664 g/mol. The van der Waals surface area contributed by atoms with E-state index in [0.29, 0.717) is 24.3 Å². The zero-order valence-corrected chi connectivity index (χ0v) is 29.2. The van der Waals surface area contributed by atoms with Gasteiger partial charge in [0.1, 0.15) is 12.2 Å². The van der Waals surface area contributed by atoms with Crippen LogP contribution in [-0.2, 0) is 18.9 Å². The molecular weight excluding hydrogens is 608 g/mol. The Balaban J connectivity index is 0.000000260. The summed E-state index contributed by atoms with van der Waals surface area (Å²) in [4.78, 5) is 49.3. The lowest BCUT2D eigenvalue weighted by molar-refractivity contribution is 0.0164. The molecule has 0 unspecified atom stereocenters. The molecule has 0 atom stereocenters. The third-order valence-corrected chi connectivity index (χ3v) is 8.85. The van der Waals surface area contributed by atoms with Gasteiger partial charge < -0.3 is 18.9 Å². The van der Waals surface area contributed by atoms with E-state index in [9.17, 15) is 19.2 Å². The van der Waals surface area contributed by atoms with Crippen molar-refractivity contribution in [2.75, 3.05) is 13.2 Å². The number of benzene rings is 2. The highest BCUT2D eigenvalue weighted by Gasteiger charge is 2.25. The van der Waals surface area contributed by atoms with Crippen molar-refractivity contribution in [2.45, 2.75) is 142 Å². The van der Waals surface area contributed by atoms with Crippen LogP contribution in [0.5, 0.6) is 0 Å². The molecule has 8 heteroatoms. The van der Waals surface area contributed by atoms with E-state index in [2.05, 4.69) is 6.92 Å². The topological polar surface area (TPSA) is 105 Å². The molecule has 2 aliphatic rings. The molecule has 0 saturated heterocycles. The first-order chi connectivity index (χ1) is 23.4. The van der Waals surface area contributed by atoms with Crippen molar-refractivity contribution in [3.05, 3.63) is 70.8 Å². The highest BCUT2D eigenvalue weighted by Crippen LogP contribution is 2.25. The number of hydrogen-bond donors (Lipinski definition) is 0. The fourth-order valence-electron chi connectivity index (χ4n) is 5.99. The van der Waals surface area contributed by atoms with Gasteiger partial charge in [0.05, 0.1) is 35.5 Å².